The Morgan fingerprint density at radius 2 is 2.14 bits per heavy atom. The van der Waals surface area contributed by atoms with E-state index in [0.29, 0.717) is 18.0 Å². The fourth-order valence-corrected chi connectivity index (χ4v) is 3.28. The summed E-state index contributed by atoms with van der Waals surface area (Å²) in [5.74, 6) is -0.942. The van der Waals surface area contributed by atoms with Crippen molar-refractivity contribution in [3.05, 3.63) is 76.5 Å². The van der Waals surface area contributed by atoms with Crippen LogP contribution in [-0.4, -0.2) is 16.4 Å². The second-order valence-corrected chi connectivity index (χ2v) is 6.55. The average Bonchev–Trinajstić information content (AvgIpc) is 2.71. The number of nitrogens with one attached hydrogen (secondary N) is 2. The molecule has 0 amide bonds. The molecule has 1 aromatic carbocycles. The van der Waals surface area contributed by atoms with E-state index in [1.807, 2.05) is 6.92 Å². The van der Waals surface area contributed by atoms with Crippen molar-refractivity contribution in [2.75, 3.05) is 6.54 Å². The smallest absolute Gasteiger partial charge is 0.201 e. The minimum absolute atomic E-state index is 0.180. The number of halogens is 2. The van der Waals surface area contributed by atoms with E-state index in [1.165, 1.54) is 18.3 Å². The lowest BCUT2D eigenvalue weighted by Gasteiger charge is -2.34. The Morgan fingerprint density at radius 3 is 2.93 bits per heavy atom. The van der Waals surface area contributed by atoms with Gasteiger partial charge in [0, 0.05) is 25.2 Å². The van der Waals surface area contributed by atoms with Gasteiger partial charge in [-0.05, 0) is 42.3 Å². The van der Waals surface area contributed by atoms with Crippen molar-refractivity contribution in [2.24, 2.45) is 0 Å². The number of aromatic nitrogens is 1. The summed E-state index contributed by atoms with van der Waals surface area (Å²) in [6, 6.07) is 7.66. The van der Waals surface area contributed by atoms with E-state index in [0.717, 1.165) is 41.7 Å². The summed E-state index contributed by atoms with van der Waals surface area (Å²) in [5.41, 5.74) is 9.20. The highest BCUT2D eigenvalue weighted by Gasteiger charge is 2.23. The number of benzene rings is 1. The second-order valence-electron chi connectivity index (χ2n) is 6.55. The maximum atomic E-state index is 13.9. The lowest BCUT2D eigenvalue weighted by atomic mass is 10.0. The predicted molar refractivity (Wildman–Crippen MR) is 97.5 cm³/mol. The number of allylic oxidation sites excluding steroid dienone is 3. The largest absolute Gasteiger partial charge is 0.453 e. The molecule has 0 unspecified atom stereocenters. The number of nitrogens with zero attached hydrogens (tertiary/aromatic N) is 3. The van der Waals surface area contributed by atoms with E-state index < -0.39 is 11.6 Å². The van der Waals surface area contributed by atoms with Crippen molar-refractivity contribution >= 4 is 0 Å². The molecule has 2 aromatic rings. The van der Waals surface area contributed by atoms with Gasteiger partial charge in [-0.2, -0.15) is 9.65 Å². The number of ether oxygens (including phenoxy) is 1. The molecule has 142 valence electrons. The number of hydrogen-bond donors (Lipinski definition) is 2. The SMILES string of the molecule is CC1=C(N2CCc3ncc(Oc4cccc(F)c4F)cc3C2)NNC(C#N)=C1. The maximum Gasteiger partial charge on any atom is 0.201 e. The molecule has 2 aliphatic rings. The first-order valence-corrected chi connectivity index (χ1v) is 8.74. The summed E-state index contributed by atoms with van der Waals surface area (Å²) in [5, 5.41) is 8.99. The first-order chi connectivity index (χ1) is 13.5. The third-order valence-electron chi connectivity index (χ3n) is 4.65. The van der Waals surface area contributed by atoms with E-state index in [2.05, 4.69) is 26.8 Å². The van der Waals surface area contributed by atoms with Gasteiger partial charge < -0.3 is 9.64 Å². The lowest BCUT2D eigenvalue weighted by molar-refractivity contribution is 0.283. The standard InChI is InChI=1S/C20H17F2N5O/c1-12-7-14(9-23)25-26-20(12)27-6-5-17-13(11-27)8-15(10-24-17)28-18-4-2-3-16(21)19(18)22/h2-4,7-8,10,25-26H,5-6,11H2,1H3. The highest BCUT2D eigenvalue weighted by atomic mass is 19.2. The number of hydrogen-bond acceptors (Lipinski definition) is 6. The van der Waals surface area contributed by atoms with Gasteiger partial charge in [0.05, 0.1) is 6.20 Å². The molecule has 3 heterocycles. The third-order valence-corrected chi connectivity index (χ3v) is 4.65. The van der Waals surface area contributed by atoms with Gasteiger partial charge in [0.15, 0.2) is 11.6 Å². The van der Waals surface area contributed by atoms with Gasteiger partial charge in [-0.25, -0.2) is 4.39 Å². The van der Waals surface area contributed by atoms with Gasteiger partial charge in [-0.3, -0.25) is 15.8 Å². The Balaban J connectivity index is 1.57. The van der Waals surface area contributed by atoms with Gasteiger partial charge >= 0.3 is 0 Å². The Hall–Kier alpha value is -3.60. The van der Waals surface area contributed by atoms with E-state index in [1.54, 1.807) is 12.1 Å². The van der Waals surface area contributed by atoms with Crippen LogP contribution in [0.3, 0.4) is 0 Å². The number of nitriles is 1. The van der Waals surface area contributed by atoms with Crippen LogP contribution < -0.4 is 15.6 Å². The molecule has 0 spiro atoms. The summed E-state index contributed by atoms with van der Waals surface area (Å²) in [7, 11) is 0. The summed E-state index contributed by atoms with van der Waals surface area (Å²) in [4.78, 5) is 6.54. The fourth-order valence-electron chi connectivity index (χ4n) is 3.28. The highest BCUT2D eigenvalue weighted by molar-refractivity contribution is 5.38. The van der Waals surface area contributed by atoms with E-state index in [-0.39, 0.29) is 5.75 Å². The molecule has 1 aromatic heterocycles. The van der Waals surface area contributed by atoms with Gasteiger partial charge in [0.25, 0.3) is 0 Å². The third kappa shape index (κ3) is 3.34. The van der Waals surface area contributed by atoms with Crippen molar-refractivity contribution in [3.8, 4) is 17.6 Å². The Labute approximate surface area is 160 Å². The molecule has 0 radical (unpaired) electrons. The lowest BCUT2D eigenvalue weighted by Crippen LogP contribution is -2.43. The van der Waals surface area contributed by atoms with E-state index >= 15 is 0 Å². The summed E-state index contributed by atoms with van der Waals surface area (Å²) in [6.07, 6.45) is 4.04. The molecular weight excluding hydrogens is 364 g/mol. The number of rotatable bonds is 3. The topological polar surface area (TPSA) is 73.2 Å². The van der Waals surface area contributed by atoms with Crippen LogP contribution in [-0.2, 0) is 13.0 Å². The minimum atomic E-state index is -1.03. The summed E-state index contributed by atoms with van der Waals surface area (Å²) >= 11 is 0. The molecule has 0 saturated carbocycles. The second kappa shape index (κ2) is 7.19. The maximum absolute atomic E-state index is 13.9. The quantitative estimate of drug-likeness (QED) is 0.850. The number of pyridine rings is 1. The Morgan fingerprint density at radius 1 is 1.29 bits per heavy atom. The predicted octanol–water partition coefficient (Wildman–Crippen LogP) is 3.26. The van der Waals surface area contributed by atoms with Crippen molar-refractivity contribution in [1.82, 2.24) is 20.7 Å². The van der Waals surface area contributed by atoms with Crippen molar-refractivity contribution in [2.45, 2.75) is 19.9 Å². The summed E-state index contributed by atoms with van der Waals surface area (Å²) < 4.78 is 32.7. The van der Waals surface area contributed by atoms with E-state index in [9.17, 15) is 8.78 Å². The zero-order chi connectivity index (χ0) is 19.7. The zero-order valence-electron chi connectivity index (χ0n) is 15.1. The molecule has 0 aliphatic carbocycles. The molecule has 0 saturated heterocycles. The average molecular weight is 381 g/mol. The number of hydrazine groups is 1. The van der Waals surface area contributed by atoms with Crippen molar-refractivity contribution < 1.29 is 13.5 Å². The highest BCUT2D eigenvalue weighted by Crippen LogP contribution is 2.29. The van der Waals surface area contributed by atoms with Crippen LogP contribution in [0.4, 0.5) is 8.78 Å². The molecule has 6 nitrogen and oxygen atoms in total. The van der Waals surface area contributed by atoms with Crippen LogP contribution in [0.5, 0.6) is 11.5 Å². The Bertz CT molecular complexity index is 1040. The molecule has 0 bridgehead atoms. The molecule has 0 atom stereocenters. The zero-order valence-corrected chi connectivity index (χ0v) is 15.1. The first kappa shape index (κ1) is 17.8. The monoisotopic (exact) mass is 381 g/mol. The van der Waals surface area contributed by atoms with Crippen molar-refractivity contribution in [3.63, 3.8) is 0 Å². The van der Waals surface area contributed by atoms with Crippen LogP contribution in [0.2, 0.25) is 0 Å². The van der Waals surface area contributed by atoms with Crippen LogP contribution in [0.15, 0.2) is 53.6 Å². The molecule has 8 heteroatoms. The van der Waals surface area contributed by atoms with Crippen LogP contribution in [0.1, 0.15) is 18.2 Å². The van der Waals surface area contributed by atoms with Crippen molar-refractivity contribution in [1.29, 1.82) is 5.26 Å². The first-order valence-electron chi connectivity index (χ1n) is 8.74. The van der Waals surface area contributed by atoms with E-state index in [4.69, 9.17) is 10.00 Å². The summed E-state index contributed by atoms with van der Waals surface area (Å²) in [6.45, 7) is 3.26. The van der Waals surface area contributed by atoms with Crippen LogP contribution >= 0.6 is 0 Å². The van der Waals surface area contributed by atoms with Gasteiger partial charge in [-0.1, -0.05) is 6.07 Å². The van der Waals surface area contributed by atoms with Crippen LogP contribution in [0.25, 0.3) is 0 Å². The fraction of sp³-hybridized carbons (Fsp3) is 0.200. The molecule has 28 heavy (non-hydrogen) atoms. The molecule has 2 aliphatic heterocycles. The van der Waals surface area contributed by atoms with Crippen LogP contribution in [0, 0.1) is 23.0 Å². The van der Waals surface area contributed by atoms with Gasteiger partial charge in [-0.15, -0.1) is 0 Å². The number of fused-ring (bicyclic) bond motifs is 1. The molecule has 4 rings (SSSR count). The minimum Gasteiger partial charge on any atom is -0.453 e. The normalized spacial score (nSPS) is 15.8. The van der Waals surface area contributed by atoms with Gasteiger partial charge in [0.2, 0.25) is 5.82 Å². The Kier molecular flexibility index (Phi) is 4.57. The molecular formula is C20H17F2N5O. The molecule has 0 fully saturated rings. The van der Waals surface area contributed by atoms with Gasteiger partial charge in [0.1, 0.15) is 23.3 Å². The molecule has 2 N–H and O–H groups in total.